The molecule has 0 spiro atoms. The van der Waals surface area contributed by atoms with Crippen molar-refractivity contribution in [2.24, 2.45) is 0 Å². The van der Waals surface area contributed by atoms with Gasteiger partial charge < -0.3 is 25.0 Å². The van der Waals surface area contributed by atoms with Crippen LogP contribution in [0.3, 0.4) is 0 Å². The Kier molecular flexibility index (Phi) is 13.4. The SMILES string of the molecule is C[N+](C)(C)CC(OB(OC[Si](C)(C)C)OC[Si](C)(C)C)[Si](C)(C)C.[CH2-][Si](C)(C)C. The zero-order valence-electron chi connectivity index (χ0n) is 22.7. The van der Waals surface area contributed by atoms with Gasteiger partial charge in [0.15, 0.2) is 0 Å². The van der Waals surface area contributed by atoms with Crippen LogP contribution in [0.2, 0.25) is 78.6 Å². The van der Waals surface area contributed by atoms with Gasteiger partial charge in [-0.3, -0.25) is 0 Å². The third kappa shape index (κ3) is 26.7. The van der Waals surface area contributed by atoms with E-state index in [0.717, 1.165) is 23.5 Å². The minimum atomic E-state index is -1.48. The van der Waals surface area contributed by atoms with Crippen LogP contribution in [0.25, 0.3) is 0 Å². The Morgan fingerprint density at radius 3 is 1.24 bits per heavy atom. The Labute approximate surface area is 188 Å². The Morgan fingerprint density at radius 1 is 0.724 bits per heavy atom. The second-order valence-electron chi connectivity index (χ2n) is 14.1. The molecule has 0 aliphatic rings. The molecule has 29 heavy (non-hydrogen) atoms. The molecule has 0 aromatic rings. The number of hydrogen-bond acceptors (Lipinski definition) is 3. The van der Waals surface area contributed by atoms with Gasteiger partial charge in [-0.1, -0.05) is 78.6 Å². The van der Waals surface area contributed by atoms with E-state index in [9.17, 15) is 0 Å². The van der Waals surface area contributed by atoms with E-state index < -0.39 is 39.6 Å². The lowest BCUT2D eigenvalue weighted by Gasteiger charge is -2.37. The van der Waals surface area contributed by atoms with Crippen LogP contribution in [-0.2, 0) is 14.0 Å². The summed E-state index contributed by atoms with van der Waals surface area (Å²) in [5, 5.41) is 0. The molecular formula is C20H54BNO3Si4. The lowest BCUT2D eigenvalue weighted by molar-refractivity contribution is -0.872. The number of rotatable bonds is 11. The predicted molar refractivity (Wildman–Crippen MR) is 144 cm³/mol. The van der Waals surface area contributed by atoms with Crippen molar-refractivity contribution in [3.8, 4) is 0 Å². The smallest absolute Gasteiger partial charge is 0.389 e. The maximum atomic E-state index is 6.43. The molecule has 0 bridgehead atoms. The highest BCUT2D eigenvalue weighted by atomic mass is 28.3. The van der Waals surface area contributed by atoms with Crippen molar-refractivity contribution in [1.82, 2.24) is 0 Å². The average molecular weight is 480 g/mol. The molecule has 1 atom stereocenters. The molecule has 0 rings (SSSR count). The quantitative estimate of drug-likeness (QED) is 0.225. The topological polar surface area (TPSA) is 27.7 Å². The van der Waals surface area contributed by atoms with Gasteiger partial charge in [-0.05, 0) is 0 Å². The third-order valence-electron chi connectivity index (χ3n) is 3.26. The van der Waals surface area contributed by atoms with Crippen molar-refractivity contribution in [1.29, 1.82) is 0 Å². The second kappa shape index (κ2) is 12.1. The molecule has 0 radical (unpaired) electrons. The van der Waals surface area contributed by atoms with Crippen LogP contribution in [0.5, 0.6) is 0 Å². The van der Waals surface area contributed by atoms with E-state index in [1.807, 2.05) is 0 Å². The van der Waals surface area contributed by atoms with Crippen LogP contribution < -0.4 is 0 Å². The number of hydrogen-bond donors (Lipinski definition) is 0. The summed E-state index contributed by atoms with van der Waals surface area (Å²) in [7, 11) is 1.19. The van der Waals surface area contributed by atoms with Crippen LogP contribution >= 0.6 is 0 Å². The van der Waals surface area contributed by atoms with Gasteiger partial charge in [0.2, 0.25) is 0 Å². The van der Waals surface area contributed by atoms with Gasteiger partial charge in [0.05, 0.1) is 51.1 Å². The standard InChI is InChI=1S/C16H43BNO3Si3.C4H11Si/c1-18(2,3)13-16(24(10,11)12)21-17(19-14-22(4,5)6)20-15-23(7,8)9;1-5(2,3)4/h16H,13-15H2,1-12H3;1H2,2-4H3/q+1;-1. The first-order valence-electron chi connectivity index (χ1n) is 10.9. The van der Waals surface area contributed by atoms with Crippen LogP contribution in [0.4, 0.5) is 0 Å². The summed E-state index contributed by atoms with van der Waals surface area (Å²) in [6.45, 7) is 32.5. The van der Waals surface area contributed by atoms with E-state index in [0.29, 0.717) is 0 Å². The summed E-state index contributed by atoms with van der Waals surface area (Å²) in [4.78, 5) is 0. The summed E-state index contributed by atoms with van der Waals surface area (Å²) < 4.78 is 19.5. The van der Waals surface area contributed by atoms with Crippen molar-refractivity contribution >= 4 is 39.6 Å². The third-order valence-corrected chi connectivity index (χ3v) is 7.58. The van der Waals surface area contributed by atoms with Gasteiger partial charge in [-0.25, -0.2) is 0 Å². The Hall–Kier alpha value is 0.772. The fourth-order valence-corrected chi connectivity index (χ4v) is 4.80. The van der Waals surface area contributed by atoms with E-state index >= 15 is 0 Å². The van der Waals surface area contributed by atoms with Crippen molar-refractivity contribution in [2.75, 3.05) is 40.1 Å². The first-order chi connectivity index (χ1) is 12.4. The first-order valence-corrected chi connectivity index (χ1v) is 25.6. The van der Waals surface area contributed by atoms with Crippen LogP contribution in [0.15, 0.2) is 0 Å². The molecule has 4 nitrogen and oxygen atoms in total. The Balaban J connectivity index is 0. The highest BCUT2D eigenvalue weighted by Crippen LogP contribution is 2.17. The molecular weight excluding hydrogens is 425 g/mol. The molecule has 0 N–H and O–H groups in total. The molecule has 0 saturated heterocycles. The molecule has 0 aromatic carbocycles. The van der Waals surface area contributed by atoms with E-state index in [1.165, 1.54) is 0 Å². The van der Waals surface area contributed by atoms with Crippen LogP contribution in [0, 0.1) is 6.55 Å². The van der Waals surface area contributed by atoms with Crippen molar-refractivity contribution in [3.05, 3.63) is 6.55 Å². The van der Waals surface area contributed by atoms with Gasteiger partial charge in [0.25, 0.3) is 0 Å². The van der Waals surface area contributed by atoms with Gasteiger partial charge in [-0.2, -0.15) is 0 Å². The van der Waals surface area contributed by atoms with Gasteiger partial charge in [-0.15, -0.1) is 8.07 Å². The number of likely N-dealkylation sites (N-methyl/N-ethyl adjacent to an activating group) is 1. The maximum Gasteiger partial charge on any atom is 0.639 e. The van der Waals surface area contributed by atoms with Crippen molar-refractivity contribution < 1.29 is 18.4 Å². The summed E-state index contributed by atoms with van der Waals surface area (Å²) in [6.07, 6.45) is 1.54. The molecule has 1 unspecified atom stereocenters. The second-order valence-corrected chi connectivity index (χ2v) is 35.4. The Morgan fingerprint density at radius 2 is 1.03 bits per heavy atom. The van der Waals surface area contributed by atoms with Crippen molar-refractivity contribution in [3.63, 3.8) is 0 Å². The number of quaternary nitrogens is 1. The largest absolute Gasteiger partial charge is 0.639 e. The fraction of sp³-hybridized carbons (Fsp3) is 0.950. The van der Waals surface area contributed by atoms with E-state index in [4.69, 9.17) is 14.0 Å². The zero-order chi connectivity index (χ0) is 23.9. The average Bonchev–Trinajstić information content (AvgIpc) is 2.34. The monoisotopic (exact) mass is 479 g/mol. The lowest BCUT2D eigenvalue weighted by Crippen LogP contribution is -2.55. The van der Waals surface area contributed by atoms with Gasteiger partial charge in [0, 0.05) is 12.5 Å². The van der Waals surface area contributed by atoms with Crippen LogP contribution in [-0.4, -0.2) is 90.0 Å². The fourth-order valence-electron chi connectivity index (χ4n) is 1.92. The first kappa shape index (κ1) is 32.0. The molecule has 0 heterocycles. The Bertz CT molecular complexity index is 423. The highest BCUT2D eigenvalue weighted by molar-refractivity contribution is 6.78. The summed E-state index contributed by atoms with van der Waals surface area (Å²) in [5.41, 5.74) is 0.214. The normalized spacial score (nSPS) is 14.9. The summed E-state index contributed by atoms with van der Waals surface area (Å²) in [5.74, 6) is 0. The predicted octanol–water partition coefficient (Wildman–Crippen LogP) is 5.43. The molecule has 0 aliphatic carbocycles. The van der Waals surface area contributed by atoms with E-state index in [-0.39, 0.29) is 5.73 Å². The van der Waals surface area contributed by atoms with Crippen molar-refractivity contribution in [2.45, 2.75) is 84.3 Å². The summed E-state index contributed by atoms with van der Waals surface area (Å²) >= 11 is 0. The minimum Gasteiger partial charge on any atom is -0.389 e. The zero-order valence-corrected chi connectivity index (χ0v) is 26.7. The molecule has 9 heteroatoms. The summed E-state index contributed by atoms with van der Waals surface area (Å²) in [6, 6.07) is 0. The molecule has 0 amide bonds. The van der Waals surface area contributed by atoms with Crippen LogP contribution in [0.1, 0.15) is 0 Å². The maximum absolute atomic E-state index is 6.43. The van der Waals surface area contributed by atoms with E-state index in [1.54, 1.807) is 0 Å². The lowest BCUT2D eigenvalue weighted by atomic mass is 10.2. The molecule has 0 aliphatic heterocycles. The van der Waals surface area contributed by atoms with Gasteiger partial charge >= 0.3 is 7.32 Å². The molecule has 0 aromatic heterocycles. The number of nitrogens with zero attached hydrogens (tertiary/aromatic N) is 1. The highest BCUT2D eigenvalue weighted by Gasteiger charge is 2.38. The molecule has 176 valence electrons. The minimum absolute atomic E-state index is 0.214. The molecule has 0 saturated carbocycles. The van der Waals surface area contributed by atoms with Gasteiger partial charge in [0.1, 0.15) is 6.54 Å². The van der Waals surface area contributed by atoms with E-state index in [2.05, 4.69) is 106 Å². The molecule has 0 fully saturated rings.